The van der Waals surface area contributed by atoms with Crippen LogP contribution < -0.4 is 0 Å². The van der Waals surface area contributed by atoms with E-state index in [4.69, 9.17) is 4.74 Å². The van der Waals surface area contributed by atoms with Gasteiger partial charge in [0, 0.05) is 13.0 Å². The van der Waals surface area contributed by atoms with E-state index in [9.17, 15) is 9.90 Å². The zero-order valence-corrected chi connectivity index (χ0v) is 10.7. The molecule has 0 aromatic heterocycles. The van der Waals surface area contributed by atoms with Gasteiger partial charge in [-0.15, -0.1) is 0 Å². The van der Waals surface area contributed by atoms with Gasteiger partial charge in [-0.2, -0.15) is 0 Å². The van der Waals surface area contributed by atoms with Crippen LogP contribution >= 0.6 is 0 Å². The first-order valence-corrected chi connectivity index (χ1v) is 6.79. The lowest BCUT2D eigenvalue weighted by Crippen LogP contribution is -2.60. The predicted octanol–water partition coefficient (Wildman–Crippen LogP) is 1.88. The van der Waals surface area contributed by atoms with Crippen LogP contribution in [0.4, 0.5) is 0 Å². The summed E-state index contributed by atoms with van der Waals surface area (Å²) in [4.78, 5) is 13.9. The van der Waals surface area contributed by atoms with Crippen LogP contribution in [0.5, 0.6) is 0 Å². The van der Waals surface area contributed by atoms with E-state index in [-0.39, 0.29) is 6.10 Å². The van der Waals surface area contributed by atoms with Gasteiger partial charge in [0.25, 0.3) is 0 Å². The van der Waals surface area contributed by atoms with Gasteiger partial charge >= 0.3 is 5.97 Å². The number of carboxylic acids is 1. The molecule has 4 heteroatoms. The first-order chi connectivity index (χ1) is 8.19. The zero-order valence-electron chi connectivity index (χ0n) is 10.7. The van der Waals surface area contributed by atoms with Crippen LogP contribution in [0.1, 0.15) is 45.4 Å². The Balaban J connectivity index is 2.15. The molecule has 2 unspecified atom stereocenters. The molecule has 2 aliphatic rings. The van der Waals surface area contributed by atoms with Crippen molar-refractivity contribution in [2.45, 2.75) is 57.1 Å². The smallest absolute Gasteiger partial charge is 0.324 e. The number of carboxylic acid groups (broad SMARTS) is 1. The third-order valence-corrected chi connectivity index (χ3v) is 4.25. The highest BCUT2D eigenvalue weighted by molar-refractivity contribution is 5.79. The zero-order chi connectivity index (χ0) is 12.3. The molecule has 0 aromatic rings. The minimum absolute atomic E-state index is 0.113. The molecule has 4 nitrogen and oxygen atoms in total. The second-order valence-electron chi connectivity index (χ2n) is 5.24. The Morgan fingerprint density at radius 3 is 2.71 bits per heavy atom. The largest absolute Gasteiger partial charge is 0.480 e. The van der Waals surface area contributed by atoms with Crippen molar-refractivity contribution in [3.05, 3.63) is 0 Å². The predicted molar refractivity (Wildman–Crippen MR) is 65.1 cm³/mol. The Morgan fingerprint density at radius 1 is 1.41 bits per heavy atom. The number of piperidine rings is 1. The highest BCUT2D eigenvalue weighted by Gasteiger charge is 2.47. The summed E-state index contributed by atoms with van der Waals surface area (Å²) >= 11 is 0. The molecule has 0 spiro atoms. The second-order valence-corrected chi connectivity index (χ2v) is 5.24. The number of hydrogen-bond donors (Lipinski definition) is 1. The van der Waals surface area contributed by atoms with E-state index < -0.39 is 11.5 Å². The van der Waals surface area contributed by atoms with E-state index in [2.05, 4.69) is 11.8 Å². The molecule has 2 atom stereocenters. The minimum Gasteiger partial charge on any atom is -0.480 e. The fourth-order valence-corrected chi connectivity index (χ4v) is 3.13. The lowest BCUT2D eigenvalue weighted by molar-refractivity contribution is -0.164. The molecule has 2 heterocycles. The SMILES string of the molecule is CCC1CC(C(=O)O)(N2CCCCC2)CCO1. The normalized spacial score (nSPS) is 35.7. The van der Waals surface area contributed by atoms with Gasteiger partial charge in [-0.3, -0.25) is 9.69 Å². The van der Waals surface area contributed by atoms with E-state index in [1.165, 1.54) is 6.42 Å². The number of aliphatic carboxylic acids is 1. The lowest BCUT2D eigenvalue weighted by Gasteiger charge is -2.46. The van der Waals surface area contributed by atoms with Gasteiger partial charge in [0.15, 0.2) is 0 Å². The molecule has 0 saturated carbocycles. The molecule has 2 saturated heterocycles. The molecule has 0 bridgehead atoms. The van der Waals surface area contributed by atoms with Gasteiger partial charge in [-0.05, 0) is 38.8 Å². The topological polar surface area (TPSA) is 49.8 Å². The van der Waals surface area contributed by atoms with Gasteiger partial charge in [-0.25, -0.2) is 0 Å². The molecule has 17 heavy (non-hydrogen) atoms. The summed E-state index contributed by atoms with van der Waals surface area (Å²) in [5, 5.41) is 9.66. The number of nitrogens with zero attached hydrogens (tertiary/aromatic N) is 1. The van der Waals surface area contributed by atoms with Crippen molar-refractivity contribution in [3.8, 4) is 0 Å². The second kappa shape index (κ2) is 5.36. The van der Waals surface area contributed by atoms with Crippen LogP contribution in [-0.2, 0) is 9.53 Å². The van der Waals surface area contributed by atoms with Crippen LogP contribution in [0.15, 0.2) is 0 Å². The summed E-state index contributed by atoms with van der Waals surface area (Å²) in [6, 6.07) is 0. The van der Waals surface area contributed by atoms with Crippen LogP contribution in [0.3, 0.4) is 0 Å². The fourth-order valence-electron chi connectivity index (χ4n) is 3.13. The molecule has 98 valence electrons. The molecule has 0 aliphatic carbocycles. The Labute approximate surface area is 103 Å². The maximum absolute atomic E-state index is 11.7. The third kappa shape index (κ3) is 2.47. The number of likely N-dealkylation sites (tertiary alicyclic amines) is 1. The highest BCUT2D eigenvalue weighted by atomic mass is 16.5. The summed E-state index contributed by atoms with van der Waals surface area (Å²) in [5.74, 6) is -0.652. The Bertz CT molecular complexity index is 276. The summed E-state index contributed by atoms with van der Waals surface area (Å²) < 4.78 is 5.63. The molecule has 1 N–H and O–H groups in total. The van der Waals surface area contributed by atoms with Crippen molar-refractivity contribution in [1.29, 1.82) is 0 Å². The molecule has 2 rings (SSSR count). The minimum atomic E-state index is -0.653. The van der Waals surface area contributed by atoms with Crippen molar-refractivity contribution in [2.24, 2.45) is 0 Å². The maximum Gasteiger partial charge on any atom is 0.324 e. The molecule has 0 radical (unpaired) electrons. The summed E-state index contributed by atoms with van der Waals surface area (Å²) in [7, 11) is 0. The van der Waals surface area contributed by atoms with Crippen molar-refractivity contribution in [2.75, 3.05) is 19.7 Å². The van der Waals surface area contributed by atoms with Gasteiger partial charge in [0.05, 0.1) is 6.10 Å². The van der Waals surface area contributed by atoms with Gasteiger partial charge in [-0.1, -0.05) is 13.3 Å². The monoisotopic (exact) mass is 241 g/mol. The van der Waals surface area contributed by atoms with Crippen LogP contribution in [-0.4, -0.2) is 47.3 Å². The van der Waals surface area contributed by atoms with Crippen molar-refractivity contribution in [3.63, 3.8) is 0 Å². The quantitative estimate of drug-likeness (QED) is 0.819. The first kappa shape index (κ1) is 12.8. The molecule has 2 fully saturated rings. The number of hydrogen-bond acceptors (Lipinski definition) is 3. The van der Waals surface area contributed by atoms with Crippen molar-refractivity contribution >= 4 is 5.97 Å². The summed E-state index contributed by atoms with van der Waals surface area (Å²) in [6.45, 7) is 4.52. The maximum atomic E-state index is 11.7. The van der Waals surface area contributed by atoms with Gasteiger partial charge in [0.2, 0.25) is 0 Å². The number of rotatable bonds is 3. The van der Waals surface area contributed by atoms with E-state index in [0.29, 0.717) is 19.4 Å². The van der Waals surface area contributed by atoms with Crippen molar-refractivity contribution in [1.82, 2.24) is 4.90 Å². The summed E-state index contributed by atoms with van der Waals surface area (Å²) in [5.41, 5.74) is -0.653. The molecular formula is C13H23NO3. The van der Waals surface area contributed by atoms with Crippen LogP contribution in [0.25, 0.3) is 0 Å². The Hall–Kier alpha value is -0.610. The fraction of sp³-hybridized carbons (Fsp3) is 0.923. The molecular weight excluding hydrogens is 218 g/mol. The van der Waals surface area contributed by atoms with Crippen LogP contribution in [0, 0.1) is 0 Å². The Kier molecular flexibility index (Phi) is 4.05. The number of carbonyl (C=O) groups is 1. The average Bonchev–Trinajstić information content (AvgIpc) is 2.39. The van der Waals surface area contributed by atoms with E-state index >= 15 is 0 Å². The first-order valence-electron chi connectivity index (χ1n) is 6.79. The molecule has 2 aliphatic heterocycles. The standard InChI is InChI=1S/C13H23NO3/c1-2-11-10-13(12(15)16,6-9-17-11)14-7-4-3-5-8-14/h11H,2-10H2,1H3,(H,15,16). The van der Waals surface area contributed by atoms with E-state index in [1.807, 2.05) is 0 Å². The number of ether oxygens (including phenoxy) is 1. The lowest BCUT2D eigenvalue weighted by atomic mass is 9.83. The van der Waals surface area contributed by atoms with E-state index in [1.54, 1.807) is 0 Å². The molecule has 0 amide bonds. The van der Waals surface area contributed by atoms with E-state index in [0.717, 1.165) is 32.4 Å². The van der Waals surface area contributed by atoms with Gasteiger partial charge in [0.1, 0.15) is 5.54 Å². The molecule has 0 aromatic carbocycles. The summed E-state index contributed by atoms with van der Waals surface area (Å²) in [6.07, 6.45) is 5.81. The van der Waals surface area contributed by atoms with Gasteiger partial charge < -0.3 is 9.84 Å². The van der Waals surface area contributed by atoms with Crippen LogP contribution in [0.2, 0.25) is 0 Å². The highest BCUT2D eigenvalue weighted by Crippen LogP contribution is 2.34. The van der Waals surface area contributed by atoms with Crippen molar-refractivity contribution < 1.29 is 14.6 Å². The third-order valence-electron chi connectivity index (χ3n) is 4.25. The Morgan fingerprint density at radius 2 is 2.12 bits per heavy atom. The average molecular weight is 241 g/mol.